The maximum absolute atomic E-state index is 12.7. The first-order chi connectivity index (χ1) is 7.58. The first-order valence-corrected chi connectivity index (χ1v) is 5.49. The van der Waals surface area contributed by atoms with Crippen LogP contribution in [0.4, 0.5) is 4.39 Å². The van der Waals surface area contributed by atoms with Crippen LogP contribution < -0.4 is 0 Å². The molecule has 1 atom stereocenters. The highest BCUT2D eigenvalue weighted by atomic mass is 32.2. The molecule has 84 valence electrons. The lowest BCUT2D eigenvalue weighted by Crippen LogP contribution is -2.17. The summed E-state index contributed by atoms with van der Waals surface area (Å²) in [7, 11) is 0. The van der Waals surface area contributed by atoms with Gasteiger partial charge in [0.2, 0.25) is 0 Å². The van der Waals surface area contributed by atoms with Crippen molar-refractivity contribution in [3.8, 4) is 5.75 Å². The van der Waals surface area contributed by atoms with Gasteiger partial charge in [0.05, 0.1) is 0 Å². The van der Waals surface area contributed by atoms with E-state index < -0.39 is 17.8 Å². The number of carbonyl (C=O) groups is 1. The third-order valence-electron chi connectivity index (χ3n) is 2.13. The normalized spacial score (nSPS) is 19.6. The molecule has 4 nitrogen and oxygen atoms in total. The first kappa shape index (κ1) is 10.9. The fraction of sp³-hybridized carbons (Fsp3) is 0.200. The molecule has 0 saturated heterocycles. The number of aliphatic imine (C=N–C) groups is 1. The number of carboxylic acids is 1. The molecule has 0 saturated carbocycles. The SMILES string of the molecule is O=C(O)C1CSC(c2ccc(F)cc2O)=N1. The molecule has 1 aliphatic rings. The highest BCUT2D eigenvalue weighted by Gasteiger charge is 2.26. The van der Waals surface area contributed by atoms with Crippen LogP contribution >= 0.6 is 11.8 Å². The Balaban J connectivity index is 2.32. The minimum absolute atomic E-state index is 0.225. The summed E-state index contributed by atoms with van der Waals surface area (Å²) in [6.07, 6.45) is 0. The van der Waals surface area contributed by atoms with Gasteiger partial charge in [-0.2, -0.15) is 0 Å². The predicted octanol–water partition coefficient (Wildman–Crippen LogP) is 1.48. The molecule has 0 amide bonds. The molecule has 1 aromatic rings. The highest BCUT2D eigenvalue weighted by Crippen LogP contribution is 2.29. The van der Waals surface area contributed by atoms with E-state index in [-0.39, 0.29) is 5.75 Å². The number of halogens is 1. The lowest BCUT2D eigenvalue weighted by Gasteiger charge is -2.02. The summed E-state index contributed by atoms with van der Waals surface area (Å²) in [4.78, 5) is 14.6. The Hall–Kier alpha value is -1.56. The van der Waals surface area contributed by atoms with E-state index in [0.717, 1.165) is 6.07 Å². The smallest absolute Gasteiger partial charge is 0.329 e. The van der Waals surface area contributed by atoms with E-state index in [1.54, 1.807) is 0 Å². The van der Waals surface area contributed by atoms with Crippen LogP contribution in [0.2, 0.25) is 0 Å². The zero-order chi connectivity index (χ0) is 11.7. The second kappa shape index (κ2) is 4.13. The molecule has 1 aliphatic heterocycles. The van der Waals surface area contributed by atoms with Crippen LogP contribution in [0.3, 0.4) is 0 Å². The van der Waals surface area contributed by atoms with Crippen LogP contribution in [0.15, 0.2) is 23.2 Å². The van der Waals surface area contributed by atoms with Gasteiger partial charge in [-0.15, -0.1) is 11.8 Å². The van der Waals surface area contributed by atoms with E-state index in [4.69, 9.17) is 5.11 Å². The minimum atomic E-state index is -0.996. The maximum atomic E-state index is 12.7. The number of thioether (sulfide) groups is 1. The van der Waals surface area contributed by atoms with E-state index in [1.165, 1.54) is 23.9 Å². The number of hydrogen-bond acceptors (Lipinski definition) is 4. The summed E-state index contributed by atoms with van der Waals surface area (Å²) in [5, 5.41) is 18.7. The summed E-state index contributed by atoms with van der Waals surface area (Å²) in [6, 6.07) is 2.78. The number of rotatable bonds is 2. The second-order valence-corrected chi connectivity index (χ2v) is 4.27. The summed E-state index contributed by atoms with van der Waals surface area (Å²) in [5.74, 6) is -1.43. The van der Waals surface area contributed by atoms with Crippen molar-refractivity contribution in [1.82, 2.24) is 0 Å². The first-order valence-electron chi connectivity index (χ1n) is 4.50. The molecule has 1 unspecified atom stereocenters. The third-order valence-corrected chi connectivity index (χ3v) is 3.21. The summed E-state index contributed by atoms with van der Waals surface area (Å²) < 4.78 is 12.7. The van der Waals surface area contributed by atoms with Crippen LogP contribution in [0.5, 0.6) is 5.75 Å². The Bertz CT molecular complexity index is 475. The van der Waals surface area contributed by atoms with Gasteiger partial charge in [-0.3, -0.25) is 4.99 Å². The average Bonchev–Trinajstić information content (AvgIpc) is 2.66. The summed E-state index contributed by atoms with van der Waals surface area (Å²) in [6.45, 7) is 0. The number of phenolic OH excluding ortho intramolecular Hbond substituents is 1. The number of phenols is 1. The highest BCUT2D eigenvalue weighted by molar-refractivity contribution is 8.14. The largest absolute Gasteiger partial charge is 0.507 e. The van der Waals surface area contributed by atoms with Crippen molar-refractivity contribution in [3.63, 3.8) is 0 Å². The van der Waals surface area contributed by atoms with Crippen LogP contribution in [0.1, 0.15) is 5.56 Å². The molecule has 2 rings (SSSR count). The van der Waals surface area contributed by atoms with Gasteiger partial charge in [-0.1, -0.05) is 0 Å². The van der Waals surface area contributed by atoms with Gasteiger partial charge < -0.3 is 10.2 Å². The Kier molecular flexibility index (Phi) is 2.82. The molecule has 0 aliphatic carbocycles. The van der Waals surface area contributed by atoms with Crippen molar-refractivity contribution in [2.75, 3.05) is 5.75 Å². The molecule has 6 heteroatoms. The van der Waals surface area contributed by atoms with Crippen LogP contribution in [-0.4, -0.2) is 33.0 Å². The van der Waals surface area contributed by atoms with Gasteiger partial charge in [-0.25, -0.2) is 9.18 Å². The van der Waals surface area contributed by atoms with E-state index >= 15 is 0 Å². The standard InChI is InChI=1S/C10H8FNO3S/c11-5-1-2-6(8(13)3-5)9-12-7(4-16-9)10(14)15/h1-3,7,13H,4H2,(H,14,15). The Morgan fingerprint density at radius 1 is 1.56 bits per heavy atom. The molecule has 0 aromatic heterocycles. The minimum Gasteiger partial charge on any atom is -0.507 e. The quantitative estimate of drug-likeness (QED) is 0.822. The van der Waals surface area contributed by atoms with Gasteiger partial charge in [0, 0.05) is 17.4 Å². The van der Waals surface area contributed by atoms with Crippen LogP contribution in [-0.2, 0) is 4.79 Å². The lowest BCUT2D eigenvalue weighted by molar-refractivity contribution is -0.137. The average molecular weight is 241 g/mol. The summed E-state index contributed by atoms with van der Waals surface area (Å²) in [5.41, 5.74) is 0.371. The molecule has 0 spiro atoms. The van der Waals surface area contributed by atoms with E-state index in [0.29, 0.717) is 16.4 Å². The van der Waals surface area contributed by atoms with Gasteiger partial charge in [0.25, 0.3) is 0 Å². The van der Waals surface area contributed by atoms with Crippen molar-refractivity contribution in [1.29, 1.82) is 0 Å². The molecule has 0 fully saturated rings. The van der Waals surface area contributed by atoms with E-state index in [2.05, 4.69) is 4.99 Å². The molecule has 1 heterocycles. The molecule has 2 N–H and O–H groups in total. The van der Waals surface area contributed by atoms with E-state index in [9.17, 15) is 14.3 Å². The van der Waals surface area contributed by atoms with Crippen molar-refractivity contribution >= 4 is 22.8 Å². The van der Waals surface area contributed by atoms with Crippen molar-refractivity contribution in [2.45, 2.75) is 6.04 Å². The summed E-state index contributed by atoms with van der Waals surface area (Å²) >= 11 is 1.24. The lowest BCUT2D eigenvalue weighted by atomic mass is 10.2. The van der Waals surface area contributed by atoms with Crippen molar-refractivity contribution in [2.24, 2.45) is 4.99 Å². The number of benzene rings is 1. The molecular weight excluding hydrogens is 233 g/mol. The zero-order valence-corrected chi connectivity index (χ0v) is 8.87. The molecule has 1 aromatic carbocycles. The maximum Gasteiger partial charge on any atom is 0.329 e. The fourth-order valence-corrected chi connectivity index (χ4v) is 2.40. The number of aliphatic carboxylic acids is 1. The van der Waals surface area contributed by atoms with Gasteiger partial charge in [0.1, 0.15) is 16.6 Å². The number of aromatic hydroxyl groups is 1. The monoisotopic (exact) mass is 241 g/mol. The van der Waals surface area contributed by atoms with Crippen LogP contribution in [0.25, 0.3) is 0 Å². The Morgan fingerprint density at radius 2 is 2.31 bits per heavy atom. The number of nitrogens with zero attached hydrogens (tertiary/aromatic N) is 1. The molecule has 0 bridgehead atoms. The van der Waals surface area contributed by atoms with Crippen LogP contribution in [0, 0.1) is 5.82 Å². The predicted molar refractivity (Wildman–Crippen MR) is 58.5 cm³/mol. The Labute approximate surface area is 94.8 Å². The van der Waals surface area contributed by atoms with Crippen molar-refractivity contribution in [3.05, 3.63) is 29.6 Å². The Morgan fingerprint density at radius 3 is 2.88 bits per heavy atom. The topological polar surface area (TPSA) is 69.9 Å². The third kappa shape index (κ3) is 2.01. The zero-order valence-electron chi connectivity index (χ0n) is 8.05. The van der Waals surface area contributed by atoms with Gasteiger partial charge in [0.15, 0.2) is 6.04 Å². The number of hydrogen-bond donors (Lipinski definition) is 2. The van der Waals surface area contributed by atoms with Crippen molar-refractivity contribution < 1.29 is 19.4 Å². The second-order valence-electron chi connectivity index (χ2n) is 3.26. The molecule has 0 radical (unpaired) electrons. The molecule has 16 heavy (non-hydrogen) atoms. The van der Waals surface area contributed by atoms with Gasteiger partial charge in [-0.05, 0) is 12.1 Å². The fourth-order valence-electron chi connectivity index (χ4n) is 1.33. The number of carboxylic acid groups (broad SMARTS) is 1. The van der Waals surface area contributed by atoms with E-state index in [1.807, 2.05) is 0 Å². The van der Waals surface area contributed by atoms with Gasteiger partial charge >= 0.3 is 5.97 Å². The molecular formula is C10H8FNO3S.